The van der Waals surface area contributed by atoms with E-state index in [1.165, 1.54) is 11.1 Å². The van der Waals surface area contributed by atoms with Gasteiger partial charge in [-0.05, 0) is 74.6 Å². The second kappa shape index (κ2) is 14.7. The van der Waals surface area contributed by atoms with Gasteiger partial charge >= 0.3 is 11.9 Å². The van der Waals surface area contributed by atoms with Crippen molar-refractivity contribution in [3.8, 4) is 0 Å². The number of ether oxygens (including phenoxy) is 2. The maximum atomic E-state index is 12.5. The highest BCUT2D eigenvalue weighted by Crippen LogP contribution is 2.14. The number of rotatable bonds is 14. The molecule has 3 aromatic carbocycles. The van der Waals surface area contributed by atoms with Crippen LogP contribution in [-0.2, 0) is 22.3 Å². The maximum Gasteiger partial charge on any atom is 0.339 e. The van der Waals surface area contributed by atoms with Crippen LogP contribution >= 0.6 is 0 Å². The van der Waals surface area contributed by atoms with Gasteiger partial charge in [0.15, 0.2) is 0 Å². The van der Waals surface area contributed by atoms with Crippen molar-refractivity contribution < 1.29 is 19.1 Å². The molecule has 0 aliphatic carbocycles. The number of hydrogen-bond donors (Lipinski definition) is 0. The second-order valence-electron chi connectivity index (χ2n) is 8.41. The minimum atomic E-state index is -0.474. The predicted molar refractivity (Wildman–Crippen MR) is 135 cm³/mol. The van der Waals surface area contributed by atoms with Crippen molar-refractivity contribution in [2.45, 2.75) is 51.4 Å². The Morgan fingerprint density at radius 2 is 0.853 bits per heavy atom. The SMILES string of the molecule is O=C(OCCCCCc1ccccc1)c1ccccc1C(=O)OCCCCCc1ccccc1. The van der Waals surface area contributed by atoms with Crippen LogP contribution in [0.5, 0.6) is 0 Å². The molecule has 0 aliphatic rings. The highest BCUT2D eigenvalue weighted by atomic mass is 16.5. The molecule has 0 aromatic heterocycles. The van der Waals surface area contributed by atoms with Gasteiger partial charge in [-0.2, -0.15) is 0 Å². The molecule has 4 heteroatoms. The number of benzene rings is 3. The van der Waals surface area contributed by atoms with Gasteiger partial charge in [0.25, 0.3) is 0 Å². The molecular formula is C30H34O4. The lowest BCUT2D eigenvalue weighted by atomic mass is 10.1. The fraction of sp³-hybridized carbons (Fsp3) is 0.333. The maximum absolute atomic E-state index is 12.5. The standard InChI is InChI=1S/C30H34O4/c31-29(33-23-13-3-9-19-25-15-5-1-6-16-25)27-21-11-12-22-28(27)30(32)34-24-14-4-10-20-26-17-7-2-8-18-26/h1-2,5-8,11-12,15-18,21-22H,3-4,9-10,13-14,19-20,23-24H2. The van der Waals surface area contributed by atoms with Crippen LogP contribution in [0, 0.1) is 0 Å². The monoisotopic (exact) mass is 458 g/mol. The van der Waals surface area contributed by atoms with Crippen molar-refractivity contribution in [1.82, 2.24) is 0 Å². The quantitative estimate of drug-likeness (QED) is 0.196. The molecule has 0 amide bonds. The van der Waals surface area contributed by atoms with Gasteiger partial charge in [-0.15, -0.1) is 0 Å². The Balaban J connectivity index is 1.33. The normalized spacial score (nSPS) is 10.6. The third-order valence-corrected chi connectivity index (χ3v) is 5.74. The Hall–Kier alpha value is -3.40. The van der Waals surface area contributed by atoms with E-state index in [0.29, 0.717) is 13.2 Å². The van der Waals surface area contributed by atoms with E-state index < -0.39 is 11.9 Å². The molecule has 0 spiro atoms. The van der Waals surface area contributed by atoms with Gasteiger partial charge in [0.1, 0.15) is 0 Å². The first-order valence-electron chi connectivity index (χ1n) is 12.2. The second-order valence-corrected chi connectivity index (χ2v) is 8.41. The van der Waals surface area contributed by atoms with Crippen molar-refractivity contribution in [2.24, 2.45) is 0 Å². The molecule has 0 heterocycles. The van der Waals surface area contributed by atoms with Gasteiger partial charge in [-0.25, -0.2) is 9.59 Å². The van der Waals surface area contributed by atoms with Gasteiger partial charge < -0.3 is 9.47 Å². The van der Waals surface area contributed by atoms with E-state index in [4.69, 9.17) is 9.47 Å². The zero-order valence-corrected chi connectivity index (χ0v) is 19.8. The highest BCUT2D eigenvalue weighted by Gasteiger charge is 2.18. The molecule has 0 bridgehead atoms. The van der Waals surface area contributed by atoms with Gasteiger partial charge in [0.05, 0.1) is 24.3 Å². The number of aryl methyl sites for hydroxylation is 2. The van der Waals surface area contributed by atoms with Crippen LogP contribution < -0.4 is 0 Å². The average molecular weight is 459 g/mol. The average Bonchev–Trinajstić information content (AvgIpc) is 2.89. The van der Waals surface area contributed by atoms with Crippen molar-refractivity contribution in [1.29, 1.82) is 0 Å². The summed E-state index contributed by atoms with van der Waals surface area (Å²) in [7, 11) is 0. The summed E-state index contributed by atoms with van der Waals surface area (Å²) < 4.78 is 10.8. The zero-order chi connectivity index (χ0) is 23.8. The Kier molecular flexibility index (Phi) is 10.9. The van der Waals surface area contributed by atoms with Crippen LogP contribution in [-0.4, -0.2) is 25.2 Å². The van der Waals surface area contributed by atoms with Crippen LogP contribution in [0.4, 0.5) is 0 Å². The third-order valence-electron chi connectivity index (χ3n) is 5.74. The van der Waals surface area contributed by atoms with Gasteiger partial charge in [0.2, 0.25) is 0 Å². The van der Waals surface area contributed by atoms with Crippen molar-refractivity contribution in [2.75, 3.05) is 13.2 Å². The third kappa shape index (κ3) is 8.86. The van der Waals surface area contributed by atoms with Gasteiger partial charge in [-0.3, -0.25) is 0 Å². The van der Waals surface area contributed by atoms with Crippen LogP contribution in [0.1, 0.15) is 70.4 Å². The molecule has 0 radical (unpaired) electrons. The molecule has 0 unspecified atom stereocenters. The van der Waals surface area contributed by atoms with Crippen LogP contribution in [0.3, 0.4) is 0 Å². The van der Waals surface area contributed by atoms with Crippen molar-refractivity contribution in [3.05, 3.63) is 107 Å². The molecule has 0 saturated carbocycles. The summed E-state index contributed by atoms with van der Waals surface area (Å²) in [6.45, 7) is 0.691. The first kappa shape index (κ1) is 25.2. The number of carbonyl (C=O) groups is 2. The minimum absolute atomic E-state index is 0.265. The molecule has 0 N–H and O–H groups in total. The molecule has 34 heavy (non-hydrogen) atoms. The molecule has 4 nitrogen and oxygen atoms in total. The summed E-state index contributed by atoms with van der Waals surface area (Å²) in [6, 6.07) is 27.4. The molecule has 0 atom stereocenters. The fourth-order valence-corrected chi connectivity index (χ4v) is 3.83. The fourth-order valence-electron chi connectivity index (χ4n) is 3.83. The number of esters is 2. The van der Waals surface area contributed by atoms with Gasteiger partial charge in [0, 0.05) is 0 Å². The van der Waals surface area contributed by atoms with Gasteiger partial charge in [-0.1, -0.05) is 72.8 Å². The molecular weight excluding hydrogens is 424 g/mol. The highest BCUT2D eigenvalue weighted by molar-refractivity contribution is 6.03. The minimum Gasteiger partial charge on any atom is -0.462 e. The van der Waals surface area contributed by atoms with E-state index in [0.717, 1.165) is 51.4 Å². The summed E-state index contributed by atoms with van der Waals surface area (Å²) in [5.41, 5.74) is 3.17. The van der Waals surface area contributed by atoms with Crippen molar-refractivity contribution >= 4 is 11.9 Å². The molecule has 3 rings (SSSR count). The Morgan fingerprint density at radius 3 is 1.26 bits per heavy atom. The smallest absolute Gasteiger partial charge is 0.339 e. The van der Waals surface area contributed by atoms with Crippen LogP contribution in [0.25, 0.3) is 0 Å². The summed E-state index contributed by atoms with van der Waals surface area (Å²) in [4.78, 5) is 25.1. The van der Waals surface area contributed by atoms with E-state index in [1.807, 2.05) is 36.4 Å². The van der Waals surface area contributed by atoms with E-state index in [-0.39, 0.29) is 11.1 Å². The molecule has 178 valence electrons. The Labute approximate surface area is 202 Å². The lowest BCUT2D eigenvalue weighted by Crippen LogP contribution is -2.15. The van der Waals surface area contributed by atoms with E-state index in [1.54, 1.807) is 24.3 Å². The summed E-state index contributed by atoms with van der Waals surface area (Å²) >= 11 is 0. The van der Waals surface area contributed by atoms with E-state index >= 15 is 0 Å². The topological polar surface area (TPSA) is 52.6 Å². The van der Waals surface area contributed by atoms with Crippen LogP contribution in [0.15, 0.2) is 84.9 Å². The summed E-state index contributed by atoms with van der Waals surface area (Å²) in [5, 5.41) is 0. The first-order chi connectivity index (χ1) is 16.7. The number of unbranched alkanes of at least 4 members (excludes halogenated alkanes) is 4. The predicted octanol–water partition coefficient (Wildman–Crippen LogP) is 6.83. The largest absolute Gasteiger partial charge is 0.462 e. The molecule has 3 aromatic rings. The zero-order valence-electron chi connectivity index (χ0n) is 19.8. The van der Waals surface area contributed by atoms with E-state index in [2.05, 4.69) is 24.3 Å². The molecule has 0 fully saturated rings. The first-order valence-corrected chi connectivity index (χ1v) is 12.2. The summed E-state index contributed by atoms with van der Waals surface area (Å²) in [5.74, 6) is -0.947. The lowest BCUT2D eigenvalue weighted by molar-refractivity contribution is 0.0450. The summed E-state index contributed by atoms with van der Waals surface area (Å²) in [6.07, 6.45) is 7.71. The molecule has 0 saturated heterocycles. The molecule has 0 aliphatic heterocycles. The Morgan fingerprint density at radius 1 is 0.471 bits per heavy atom. The lowest BCUT2D eigenvalue weighted by Gasteiger charge is -2.10. The van der Waals surface area contributed by atoms with Crippen molar-refractivity contribution in [3.63, 3.8) is 0 Å². The van der Waals surface area contributed by atoms with E-state index in [9.17, 15) is 9.59 Å². The number of carbonyl (C=O) groups excluding carboxylic acids is 2. The number of hydrogen-bond acceptors (Lipinski definition) is 4. The Bertz CT molecular complexity index is 916. The van der Waals surface area contributed by atoms with Crippen LogP contribution in [0.2, 0.25) is 0 Å².